The molecule has 3 N–H and O–H groups in total. The molecule has 2 aliphatic carbocycles. The molecular formula is C21H32ClN3O2. The fourth-order valence-electron chi connectivity index (χ4n) is 4.64. The van der Waals surface area contributed by atoms with Crippen molar-refractivity contribution < 1.29 is 9.59 Å². The van der Waals surface area contributed by atoms with Crippen molar-refractivity contribution >= 4 is 29.9 Å². The van der Waals surface area contributed by atoms with Crippen molar-refractivity contribution in [2.24, 2.45) is 23.5 Å². The van der Waals surface area contributed by atoms with E-state index < -0.39 is 0 Å². The predicted molar refractivity (Wildman–Crippen MR) is 111 cm³/mol. The average Bonchev–Trinajstić information content (AvgIpc) is 2.63. The Morgan fingerprint density at radius 2 is 1.63 bits per heavy atom. The van der Waals surface area contributed by atoms with Crippen LogP contribution in [-0.4, -0.2) is 35.8 Å². The highest BCUT2D eigenvalue weighted by molar-refractivity contribution is 5.96. The molecule has 0 heterocycles. The second-order valence-corrected chi connectivity index (χ2v) is 7.74. The lowest BCUT2D eigenvalue weighted by atomic mass is 9.65. The monoisotopic (exact) mass is 393 g/mol. The van der Waals surface area contributed by atoms with Crippen molar-refractivity contribution in [2.75, 3.05) is 18.4 Å². The average molecular weight is 394 g/mol. The lowest BCUT2D eigenvalue weighted by Crippen LogP contribution is -2.48. The highest BCUT2D eigenvalue weighted by Gasteiger charge is 2.40. The number of benzene rings is 1. The van der Waals surface area contributed by atoms with Gasteiger partial charge in [-0.25, -0.2) is 0 Å². The molecule has 2 fully saturated rings. The zero-order valence-electron chi connectivity index (χ0n) is 16.3. The predicted octanol–water partition coefficient (Wildman–Crippen LogP) is 3.68. The van der Waals surface area contributed by atoms with Gasteiger partial charge in [0.2, 0.25) is 5.91 Å². The molecule has 2 unspecified atom stereocenters. The number of amides is 2. The molecule has 0 spiro atoms. The molecule has 150 valence electrons. The number of hydrogen-bond acceptors (Lipinski definition) is 3. The molecule has 5 nitrogen and oxygen atoms in total. The molecule has 2 aliphatic rings. The van der Waals surface area contributed by atoms with E-state index in [2.05, 4.69) is 5.32 Å². The Morgan fingerprint density at radius 1 is 1.07 bits per heavy atom. The molecule has 2 saturated carbocycles. The maximum Gasteiger partial charge on any atom is 0.253 e. The van der Waals surface area contributed by atoms with E-state index in [1.54, 1.807) is 17.0 Å². The molecule has 2 amide bonds. The summed E-state index contributed by atoms with van der Waals surface area (Å²) in [7, 11) is 0. The number of carbonyl (C=O) groups excluding carboxylic acids is 2. The highest BCUT2D eigenvalue weighted by Crippen LogP contribution is 2.42. The van der Waals surface area contributed by atoms with Crippen LogP contribution in [0.25, 0.3) is 0 Å². The van der Waals surface area contributed by atoms with Crippen molar-refractivity contribution in [3.63, 3.8) is 0 Å². The van der Waals surface area contributed by atoms with Gasteiger partial charge < -0.3 is 16.0 Å². The van der Waals surface area contributed by atoms with E-state index in [1.165, 1.54) is 6.42 Å². The molecule has 0 saturated heterocycles. The van der Waals surface area contributed by atoms with Crippen LogP contribution in [0.4, 0.5) is 5.69 Å². The Labute approximate surface area is 168 Å². The van der Waals surface area contributed by atoms with Crippen molar-refractivity contribution in [1.29, 1.82) is 0 Å². The number of hydrogen-bond donors (Lipinski definition) is 2. The minimum atomic E-state index is 0. The third-order valence-corrected chi connectivity index (χ3v) is 6.23. The van der Waals surface area contributed by atoms with E-state index in [1.807, 2.05) is 26.0 Å². The smallest absolute Gasteiger partial charge is 0.253 e. The summed E-state index contributed by atoms with van der Waals surface area (Å²) in [6.07, 6.45) is 5.37. The molecule has 0 aromatic heterocycles. The van der Waals surface area contributed by atoms with Gasteiger partial charge in [-0.15, -0.1) is 12.4 Å². The third-order valence-electron chi connectivity index (χ3n) is 6.23. The number of nitrogens with two attached hydrogens (primary N) is 1. The van der Waals surface area contributed by atoms with Crippen molar-refractivity contribution in [2.45, 2.75) is 52.0 Å². The topological polar surface area (TPSA) is 75.4 Å². The van der Waals surface area contributed by atoms with Gasteiger partial charge in [-0.1, -0.05) is 6.42 Å². The Morgan fingerprint density at radius 3 is 2.15 bits per heavy atom. The normalized spacial score (nSPS) is 26.6. The molecule has 1 aromatic carbocycles. The van der Waals surface area contributed by atoms with Gasteiger partial charge in [0.05, 0.1) is 0 Å². The largest absolute Gasteiger partial charge is 0.339 e. The van der Waals surface area contributed by atoms with E-state index in [0.29, 0.717) is 30.5 Å². The number of nitrogens with one attached hydrogen (secondary N) is 1. The number of rotatable bonds is 5. The zero-order chi connectivity index (χ0) is 18.7. The van der Waals surface area contributed by atoms with Gasteiger partial charge in [-0.3, -0.25) is 9.59 Å². The summed E-state index contributed by atoms with van der Waals surface area (Å²) in [4.78, 5) is 26.8. The summed E-state index contributed by atoms with van der Waals surface area (Å²) in [6.45, 7) is 5.34. The molecule has 27 heavy (non-hydrogen) atoms. The van der Waals surface area contributed by atoms with E-state index in [-0.39, 0.29) is 36.2 Å². The van der Waals surface area contributed by atoms with Crippen LogP contribution in [0, 0.1) is 17.8 Å². The van der Waals surface area contributed by atoms with Crippen molar-refractivity contribution in [1.82, 2.24) is 4.90 Å². The number of fused-ring (bicyclic) bond motifs is 2. The Balaban J connectivity index is 0.00000261. The number of anilines is 1. The van der Waals surface area contributed by atoms with Crippen LogP contribution in [0.2, 0.25) is 0 Å². The lowest BCUT2D eigenvalue weighted by molar-refractivity contribution is -0.122. The summed E-state index contributed by atoms with van der Waals surface area (Å²) in [5.41, 5.74) is 7.74. The minimum absolute atomic E-state index is 0. The quantitative estimate of drug-likeness (QED) is 0.801. The van der Waals surface area contributed by atoms with E-state index >= 15 is 0 Å². The Bertz CT molecular complexity index is 631. The van der Waals surface area contributed by atoms with Crippen molar-refractivity contribution in [3.05, 3.63) is 29.8 Å². The van der Waals surface area contributed by atoms with Crippen LogP contribution in [0.1, 0.15) is 56.3 Å². The summed E-state index contributed by atoms with van der Waals surface area (Å²) in [6, 6.07) is 7.51. The Hall–Kier alpha value is -1.59. The number of halogens is 1. The van der Waals surface area contributed by atoms with Gasteiger partial charge in [0.25, 0.3) is 5.91 Å². The van der Waals surface area contributed by atoms with Gasteiger partial charge in [0.15, 0.2) is 0 Å². The minimum Gasteiger partial charge on any atom is -0.339 e. The first-order valence-corrected chi connectivity index (χ1v) is 9.99. The second kappa shape index (κ2) is 9.56. The van der Waals surface area contributed by atoms with Crippen LogP contribution in [0.15, 0.2) is 24.3 Å². The van der Waals surface area contributed by atoms with Crippen LogP contribution >= 0.6 is 12.4 Å². The van der Waals surface area contributed by atoms with Gasteiger partial charge >= 0.3 is 0 Å². The Kier molecular flexibility index (Phi) is 7.68. The molecule has 2 atom stereocenters. The second-order valence-electron chi connectivity index (χ2n) is 7.74. The van der Waals surface area contributed by atoms with E-state index in [9.17, 15) is 9.59 Å². The fraction of sp³-hybridized carbons (Fsp3) is 0.619. The number of carbonyl (C=O) groups is 2. The molecule has 6 heteroatoms. The van der Waals surface area contributed by atoms with Gasteiger partial charge in [0, 0.05) is 36.3 Å². The third kappa shape index (κ3) is 4.82. The standard InChI is InChI=1S/C21H31N3O2.ClH/c1-3-24(4-2)21(26)14-8-10-18(11-9-14)23-20(25)17-12-15-6-5-7-16(13-17)19(15)22;/h8-11,15-17,19H,3-7,12-13,22H2,1-2H3,(H,23,25);1H. The summed E-state index contributed by atoms with van der Waals surface area (Å²) in [5.74, 6) is 1.17. The summed E-state index contributed by atoms with van der Waals surface area (Å²) >= 11 is 0. The first kappa shape index (κ1) is 21.7. The first-order chi connectivity index (χ1) is 12.5. The highest BCUT2D eigenvalue weighted by atomic mass is 35.5. The van der Waals surface area contributed by atoms with Gasteiger partial charge in [0.1, 0.15) is 0 Å². The SMILES string of the molecule is CCN(CC)C(=O)c1ccc(NC(=O)C2CC3CCCC(C2)C3N)cc1.Cl. The van der Waals surface area contributed by atoms with Crippen LogP contribution < -0.4 is 11.1 Å². The van der Waals surface area contributed by atoms with E-state index in [4.69, 9.17) is 5.73 Å². The zero-order valence-corrected chi connectivity index (χ0v) is 17.1. The van der Waals surface area contributed by atoms with Crippen LogP contribution in [0.3, 0.4) is 0 Å². The molecule has 2 bridgehead atoms. The molecule has 3 rings (SSSR count). The summed E-state index contributed by atoms with van der Waals surface area (Å²) in [5, 5.41) is 3.03. The maximum absolute atomic E-state index is 12.7. The van der Waals surface area contributed by atoms with Gasteiger partial charge in [-0.2, -0.15) is 0 Å². The molecular weight excluding hydrogens is 362 g/mol. The van der Waals surface area contributed by atoms with Crippen LogP contribution in [0.5, 0.6) is 0 Å². The molecule has 0 aliphatic heterocycles. The number of nitrogens with zero attached hydrogens (tertiary/aromatic N) is 1. The molecule has 0 radical (unpaired) electrons. The fourth-order valence-corrected chi connectivity index (χ4v) is 4.64. The lowest BCUT2D eigenvalue weighted by Gasteiger charge is -2.43. The van der Waals surface area contributed by atoms with Crippen molar-refractivity contribution in [3.8, 4) is 0 Å². The van der Waals surface area contributed by atoms with E-state index in [0.717, 1.165) is 31.4 Å². The maximum atomic E-state index is 12.7. The first-order valence-electron chi connectivity index (χ1n) is 9.99. The summed E-state index contributed by atoms with van der Waals surface area (Å²) < 4.78 is 0. The van der Waals surface area contributed by atoms with Crippen LogP contribution in [-0.2, 0) is 4.79 Å². The van der Waals surface area contributed by atoms with Gasteiger partial charge in [-0.05, 0) is 75.6 Å². The molecule has 1 aromatic rings.